The number of benzene rings is 12. The maximum Gasteiger partial charge on any atom is 0.337 e. The van der Waals surface area contributed by atoms with E-state index in [0.717, 1.165) is 123 Å². The number of hydrogen-bond acceptors (Lipinski definition) is 10. The first kappa shape index (κ1) is 68.2. The topological polar surface area (TPSA) is 163 Å². The zero-order chi connectivity index (χ0) is 72.0. The number of halogens is 8. The second-order valence-electron chi connectivity index (χ2n) is 25.2. The van der Waals surface area contributed by atoms with Gasteiger partial charge in [0.05, 0.1) is 95.5 Å². The van der Waals surface area contributed by atoms with E-state index in [1.54, 1.807) is 48.5 Å². The van der Waals surface area contributed by atoms with Gasteiger partial charge in [0.1, 0.15) is 0 Å². The fraction of sp³-hybridized carbons (Fsp3) is 0.0476. The van der Waals surface area contributed by atoms with Crippen LogP contribution < -0.4 is 0 Å². The van der Waals surface area contributed by atoms with E-state index in [2.05, 4.69) is 234 Å². The maximum absolute atomic E-state index is 13.6. The van der Waals surface area contributed by atoms with Gasteiger partial charge in [0, 0.05) is 102 Å². The molecule has 0 spiro atoms. The van der Waals surface area contributed by atoms with Crippen LogP contribution in [0.2, 0.25) is 0 Å². The number of methoxy groups -OCH3 is 4. The molecule has 2 aromatic heterocycles. The quantitative estimate of drug-likeness (QED) is 0.111. The van der Waals surface area contributed by atoms with Crippen LogP contribution in [0.4, 0.5) is 0 Å². The number of nitrogens with one attached hydrogen (secondary N) is 2. The van der Waals surface area contributed by atoms with Crippen LogP contribution in [0.3, 0.4) is 0 Å². The molecule has 20 heteroatoms. The Kier molecular flexibility index (Phi) is 17.4. The van der Waals surface area contributed by atoms with E-state index in [4.69, 9.17) is 28.9 Å². The molecule has 3 aliphatic rings. The minimum Gasteiger partial charge on any atom is -0.465 e. The zero-order valence-electron chi connectivity index (χ0n) is 54.7. The molecule has 0 amide bonds. The highest BCUT2D eigenvalue weighted by Crippen LogP contribution is 2.55. The fourth-order valence-electron chi connectivity index (χ4n) is 14.5. The fourth-order valence-corrected chi connectivity index (χ4v) is 17.4. The molecule has 14 aromatic rings. The van der Waals surface area contributed by atoms with Gasteiger partial charge in [-0.15, -0.1) is 0 Å². The van der Waals surface area contributed by atoms with E-state index < -0.39 is 23.9 Å². The average molecular weight is 1880 g/mol. The Labute approximate surface area is 659 Å². The summed E-state index contributed by atoms with van der Waals surface area (Å²) < 4.78 is 28.1. The molecule has 2 aliphatic heterocycles. The first-order chi connectivity index (χ1) is 50.3. The second-order valence-corrected chi connectivity index (χ2v) is 32.0. The number of rotatable bonds is 8. The normalized spacial score (nSPS) is 11.8. The summed E-state index contributed by atoms with van der Waals surface area (Å²) in [6.07, 6.45) is 0. The highest BCUT2D eigenvalue weighted by Gasteiger charge is 2.33. The van der Waals surface area contributed by atoms with Crippen LogP contribution >= 0.6 is 127 Å². The second kappa shape index (κ2) is 26.6. The van der Waals surface area contributed by atoms with Crippen molar-refractivity contribution in [2.75, 3.05) is 28.4 Å². The smallest absolute Gasteiger partial charge is 0.337 e. The lowest BCUT2D eigenvalue weighted by atomic mass is 9.91. The summed E-state index contributed by atoms with van der Waals surface area (Å²) >= 11 is 30.9. The summed E-state index contributed by atoms with van der Waals surface area (Å²) in [6.45, 7) is 0. The number of aromatic amines is 2. The van der Waals surface area contributed by atoms with Gasteiger partial charge in [-0.2, -0.15) is 0 Å². The molecule has 12 aromatic carbocycles. The highest BCUT2D eigenvalue weighted by molar-refractivity contribution is 9.14. The molecule has 0 saturated carbocycles. The van der Waals surface area contributed by atoms with Crippen LogP contribution in [0.1, 0.15) is 41.4 Å². The van der Waals surface area contributed by atoms with E-state index in [1.165, 1.54) is 28.4 Å². The van der Waals surface area contributed by atoms with Crippen LogP contribution in [-0.2, 0) is 18.9 Å². The number of hydrogen-bond donors (Lipinski definition) is 2. The van der Waals surface area contributed by atoms with Crippen molar-refractivity contribution in [3.05, 3.63) is 252 Å². The summed E-state index contributed by atoms with van der Waals surface area (Å²) in [7, 11) is 5.46. The van der Waals surface area contributed by atoms with E-state index in [1.807, 2.05) is 48.5 Å². The minimum atomic E-state index is -0.502. The third-order valence-electron chi connectivity index (χ3n) is 19.4. The van der Waals surface area contributed by atoms with Crippen LogP contribution in [0, 0.1) is 0 Å². The molecule has 0 radical (unpaired) electrons. The molecule has 104 heavy (non-hydrogen) atoms. The Morgan fingerprint density at radius 3 is 0.606 bits per heavy atom. The van der Waals surface area contributed by atoms with Crippen molar-refractivity contribution >= 4 is 238 Å². The number of carbonyl (C=O) groups excluding carboxylic acids is 4. The van der Waals surface area contributed by atoms with Gasteiger partial charge in [0.2, 0.25) is 0 Å². The Hall–Kier alpha value is -8.96. The number of nitrogens with zero attached hydrogens (tertiary/aromatic N) is 2. The maximum atomic E-state index is 13.6. The van der Waals surface area contributed by atoms with E-state index in [0.29, 0.717) is 112 Å². The van der Waals surface area contributed by atoms with E-state index in [9.17, 15) is 19.2 Å². The molecule has 0 unspecified atom stereocenters. The van der Waals surface area contributed by atoms with Gasteiger partial charge in [-0.3, -0.25) is 0 Å². The Bertz CT molecular complexity index is 5800. The highest BCUT2D eigenvalue weighted by atomic mass is 79.9. The standard InChI is InChI=1S/C84H46Br8N4O8/c1-101-81(97)41-13-5-37(6-14-41)69-73-53-21-45-29-61(85)63(87)31-47(45)23-55(53)75(93-73)70(38-7-15-42(16-8-38)82(98)102-2)77-57-25-49-33-65(89)67(91)35-51(49)27-59(57)79(95-77)72(40-11-19-44(20-12-40)84(100)104-4)80-60-28-52-36-68(92)66(90)34-50(52)26-58(60)78(96-80)71(39-9-17-43(18-10-39)83(99)103-3)76-56-24-48-32-64(88)62(86)30-46(48)22-54(56)74(69)94-76/h5-36,93,96H,1-4H3. The predicted octanol–water partition coefficient (Wildman–Crippen LogP) is 25.8. The largest absolute Gasteiger partial charge is 0.465 e. The number of H-pyrrole nitrogens is 2. The van der Waals surface area contributed by atoms with E-state index >= 15 is 0 Å². The molecule has 0 atom stereocenters. The van der Waals surface area contributed by atoms with Gasteiger partial charge in [-0.1, -0.05) is 48.5 Å². The van der Waals surface area contributed by atoms with Crippen LogP contribution in [0.5, 0.6) is 0 Å². The molecule has 506 valence electrons. The molecule has 4 heterocycles. The summed E-state index contributed by atoms with van der Waals surface area (Å²) in [5.74, 6) is -2.01. The van der Waals surface area contributed by atoms with Crippen molar-refractivity contribution < 1.29 is 38.1 Å². The van der Waals surface area contributed by atoms with Gasteiger partial charge in [-0.25, -0.2) is 29.1 Å². The Morgan fingerprint density at radius 1 is 0.260 bits per heavy atom. The number of carbonyl (C=O) groups is 4. The van der Waals surface area contributed by atoms with Crippen molar-refractivity contribution in [3.63, 3.8) is 0 Å². The van der Waals surface area contributed by atoms with Gasteiger partial charge >= 0.3 is 23.9 Å². The van der Waals surface area contributed by atoms with E-state index in [-0.39, 0.29) is 0 Å². The number of aromatic nitrogens is 4. The number of ether oxygens (including phenoxy) is 4. The van der Waals surface area contributed by atoms with Crippen molar-refractivity contribution in [2.45, 2.75) is 0 Å². The summed E-state index contributed by atoms with van der Waals surface area (Å²) in [4.78, 5) is 74.9. The molecule has 17 rings (SSSR count). The minimum absolute atomic E-state index is 0.344. The molecule has 0 saturated heterocycles. The van der Waals surface area contributed by atoms with Gasteiger partial charge in [-0.05, 0) is 338 Å². The lowest BCUT2D eigenvalue weighted by molar-refractivity contribution is 0.0592. The third-order valence-corrected chi connectivity index (χ3v) is 26.8. The SMILES string of the molecule is COC(=O)c1ccc(-c2c3nc(c(-c4ccc(C(=O)OC)cc4)c4[nH]c(c(-c5ccc(C(=O)OC)cc5)c5nc(c(-c6ccc(C(=O)OC)cc6)c6[nH]c2c2cc7cc(Br)c(Br)cc7cc62)-c2cc6cc(Br)c(Br)cc6cc2-5)c2cc5cc(Br)c(Br)cc5cc42)-c2cc4cc(Br)c(Br)cc4cc2-3)cc1. The molecule has 0 fully saturated rings. The predicted molar refractivity (Wildman–Crippen MR) is 444 cm³/mol. The Balaban J connectivity index is 1.22. The summed E-state index contributed by atoms with van der Waals surface area (Å²) in [5, 5.41) is 10.6. The van der Waals surface area contributed by atoms with Crippen molar-refractivity contribution in [1.82, 2.24) is 19.9 Å². The lowest BCUT2D eigenvalue weighted by Gasteiger charge is -2.12. The average Bonchev–Trinajstić information content (AvgIpc) is 1.55. The molecule has 2 N–H and O–H groups in total. The van der Waals surface area contributed by atoms with Crippen molar-refractivity contribution in [3.8, 4) is 89.5 Å². The summed E-state index contributed by atoms with van der Waals surface area (Å²) in [5.41, 5.74) is 15.1. The molecule has 1 aliphatic carbocycles. The van der Waals surface area contributed by atoms with Gasteiger partial charge in [0.15, 0.2) is 0 Å². The van der Waals surface area contributed by atoms with Crippen LogP contribution in [0.25, 0.3) is 176 Å². The lowest BCUT2D eigenvalue weighted by Crippen LogP contribution is -2.00. The van der Waals surface area contributed by atoms with Gasteiger partial charge in [0.25, 0.3) is 0 Å². The monoisotopic (exact) mass is 1870 g/mol. The van der Waals surface area contributed by atoms with Crippen LogP contribution in [-0.4, -0.2) is 72.3 Å². The van der Waals surface area contributed by atoms with Crippen molar-refractivity contribution in [2.24, 2.45) is 0 Å². The first-order valence-corrected chi connectivity index (χ1v) is 38.5. The zero-order valence-corrected chi connectivity index (χ0v) is 67.3. The number of fused-ring (bicyclic) bond motifs is 4. The molecular weight excluding hydrogens is 1830 g/mol. The molecule has 8 bridgehead atoms. The van der Waals surface area contributed by atoms with Gasteiger partial charge < -0.3 is 28.9 Å². The van der Waals surface area contributed by atoms with Crippen LogP contribution in [0.15, 0.2) is 230 Å². The van der Waals surface area contributed by atoms with Crippen molar-refractivity contribution in [1.29, 1.82) is 0 Å². The third kappa shape index (κ3) is 11.4. The molecule has 12 nitrogen and oxygen atoms in total. The number of esters is 4. The Morgan fingerprint density at radius 2 is 0.433 bits per heavy atom. The molecular formula is C84H46Br8N4O8. The first-order valence-electron chi connectivity index (χ1n) is 32.2. The summed E-state index contributed by atoms with van der Waals surface area (Å²) in [6, 6.07) is 64.0.